The van der Waals surface area contributed by atoms with Gasteiger partial charge in [-0.25, -0.2) is 0 Å². The minimum absolute atomic E-state index is 1.10. The summed E-state index contributed by atoms with van der Waals surface area (Å²) in [6.07, 6.45) is 0. The van der Waals surface area contributed by atoms with Crippen LogP contribution in [0, 0.1) is 0 Å². The van der Waals surface area contributed by atoms with Gasteiger partial charge < -0.3 is 0 Å². The smallest absolute Gasteiger partial charge is 0.0259 e. The van der Waals surface area contributed by atoms with Crippen molar-refractivity contribution in [3.05, 3.63) is 102 Å². The zero-order valence-corrected chi connectivity index (χ0v) is 16.9. The van der Waals surface area contributed by atoms with E-state index in [4.69, 9.17) is 0 Å². The molecule has 0 aliphatic rings. The van der Waals surface area contributed by atoms with Gasteiger partial charge in [0.1, 0.15) is 0 Å². The van der Waals surface area contributed by atoms with Gasteiger partial charge in [-0.3, -0.25) is 0 Å². The van der Waals surface area contributed by atoms with Crippen molar-refractivity contribution < 1.29 is 0 Å². The van der Waals surface area contributed by atoms with E-state index in [0.29, 0.717) is 0 Å². The molecule has 0 bridgehead atoms. The minimum Gasteiger partial charge on any atom is -0.104 e. The van der Waals surface area contributed by atoms with Crippen LogP contribution in [0.25, 0.3) is 33.4 Å². The third-order valence-corrected chi connectivity index (χ3v) is 6.21. The van der Waals surface area contributed by atoms with E-state index in [1.54, 1.807) is 0 Å². The summed E-state index contributed by atoms with van der Waals surface area (Å²) in [4.78, 5) is 0. The van der Waals surface area contributed by atoms with Crippen LogP contribution in [0.4, 0.5) is 0 Å². The van der Waals surface area contributed by atoms with Crippen molar-refractivity contribution in [3.63, 3.8) is 0 Å². The van der Waals surface area contributed by atoms with Crippen LogP contribution < -0.4 is 5.30 Å². The Kier molecular flexibility index (Phi) is 5.02. The van der Waals surface area contributed by atoms with E-state index in [9.17, 15) is 0 Å². The second-order valence-electron chi connectivity index (χ2n) is 6.17. The van der Waals surface area contributed by atoms with Crippen LogP contribution in [0.5, 0.6) is 0 Å². The molecule has 126 valence electrons. The average Bonchev–Trinajstić information content (AvgIpc) is 2.71. The summed E-state index contributed by atoms with van der Waals surface area (Å²) in [5, 5.41) is 1.18. The SMILES string of the molecule is Pc1c(Br)cc(-c2ccccc2)c(-c2ccccc2)c1-c1ccccc1. The molecule has 0 saturated heterocycles. The van der Waals surface area contributed by atoms with Gasteiger partial charge in [-0.1, -0.05) is 107 Å². The third-order valence-electron chi connectivity index (χ3n) is 4.53. The first-order chi connectivity index (χ1) is 12.8. The lowest BCUT2D eigenvalue weighted by Crippen LogP contribution is -2.04. The van der Waals surface area contributed by atoms with Gasteiger partial charge in [0.25, 0.3) is 0 Å². The van der Waals surface area contributed by atoms with Gasteiger partial charge in [-0.15, -0.1) is 9.24 Å². The normalized spacial score (nSPS) is 10.7. The molecule has 0 radical (unpaired) electrons. The van der Waals surface area contributed by atoms with Gasteiger partial charge in [-0.2, -0.15) is 0 Å². The minimum atomic E-state index is 1.10. The largest absolute Gasteiger partial charge is 0.104 e. The fourth-order valence-corrected chi connectivity index (χ4v) is 4.14. The van der Waals surface area contributed by atoms with E-state index in [2.05, 4.69) is 122 Å². The lowest BCUT2D eigenvalue weighted by atomic mass is 9.87. The zero-order chi connectivity index (χ0) is 17.9. The van der Waals surface area contributed by atoms with Crippen LogP contribution in [0.1, 0.15) is 0 Å². The molecular weight excluding hydrogens is 399 g/mol. The monoisotopic (exact) mass is 416 g/mol. The molecule has 0 aliphatic carbocycles. The Morgan fingerprint density at radius 1 is 0.538 bits per heavy atom. The second kappa shape index (κ2) is 7.58. The van der Waals surface area contributed by atoms with E-state index in [-0.39, 0.29) is 0 Å². The second-order valence-corrected chi connectivity index (χ2v) is 7.60. The van der Waals surface area contributed by atoms with Gasteiger partial charge in [-0.05, 0) is 44.8 Å². The molecule has 0 fully saturated rings. The van der Waals surface area contributed by atoms with E-state index < -0.39 is 0 Å². The van der Waals surface area contributed by atoms with E-state index in [0.717, 1.165) is 4.47 Å². The predicted octanol–water partition coefficient (Wildman–Crippen LogP) is 6.95. The molecule has 1 atom stereocenters. The highest BCUT2D eigenvalue weighted by Gasteiger charge is 2.18. The number of hydrogen-bond donors (Lipinski definition) is 0. The van der Waals surface area contributed by atoms with Crippen molar-refractivity contribution in [2.75, 3.05) is 0 Å². The molecule has 0 spiro atoms. The van der Waals surface area contributed by atoms with Crippen molar-refractivity contribution in [1.29, 1.82) is 0 Å². The maximum Gasteiger partial charge on any atom is 0.0259 e. The molecule has 2 heteroatoms. The molecule has 0 aliphatic heterocycles. The molecule has 0 amide bonds. The van der Waals surface area contributed by atoms with Crippen LogP contribution in [-0.4, -0.2) is 0 Å². The first kappa shape index (κ1) is 17.2. The standard InChI is InChI=1S/C24H18BrP/c25-21-16-20(17-10-4-1-5-11-17)22(18-12-6-2-7-13-18)23(24(21)26)19-14-8-3-9-15-19/h1-16H,26H2. The molecule has 4 rings (SSSR count). The van der Waals surface area contributed by atoms with Gasteiger partial charge in [0, 0.05) is 4.47 Å². The number of hydrogen-bond acceptors (Lipinski definition) is 0. The predicted molar refractivity (Wildman–Crippen MR) is 120 cm³/mol. The molecule has 26 heavy (non-hydrogen) atoms. The first-order valence-electron chi connectivity index (χ1n) is 8.54. The summed E-state index contributed by atoms with van der Waals surface area (Å²) in [7, 11) is 2.92. The molecule has 0 N–H and O–H groups in total. The molecule has 1 unspecified atom stereocenters. The summed E-state index contributed by atoms with van der Waals surface area (Å²) in [5.74, 6) is 0. The Morgan fingerprint density at radius 2 is 0.962 bits per heavy atom. The summed E-state index contributed by atoms with van der Waals surface area (Å²) < 4.78 is 1.10. The summed E-state index contributed by atoms with van der Waals surface area (Å²) in [6.45, 7) is 0. The molecular formula is C24H18BrP. The van der Waals surface area contributed by atoms with Gasteiger partial charge in [0.05, 0.1) is 0 Å². The summed E-state index contributed by atoms with van der Waals surface area (Å²) in [6, 6.07) is 34.1. The van der Waals surface area contributed by atoms with Crippen molar-refractivity contribution in [3.8, 4) is 33.4 Å². The number of halogens is 1. The van der Waals surface area contributed by atoms with Crippen molar-refractivity contribution in [2.45, 2.75) is 0 Å². The van der Waals surface area contributed by atoms with Gasteiger partial charge in [0.15, 0.2) is 0 Å². The molecule has 4 aromatic carbocycles. The maximum atomic E-state index is 3.78. The molecule has 4 aromatic rings. The van der Waals surface area contributed by atoms with Crippen molar-refractivity contribution in [2.24, 2.45) is 0 Å². The highest BCUT2D eigenvalue weighted by atomic mass is 79.9. The summed E-state index contributed by atoms with van der Waals surface area (Å²) >= 11 is 3.78. The molecule has 0 saturated carbocycles. The van der Waals surface area contributed by atoms with Crippen molar-refractivity contribution in [1.82, 2.24) is 0 Å². The van der Waals surface area contributed by atoms with E-state index >= 15 is 0 Å². The van der Waals surface area contributed by atoms with Crippen LogP contribution in [0.3, 0.4) is 0 Å². The van der Waals surface area contributed by atoms with Crippen LogP contribution in [0.15, 0.2) is 102 Å². The summed E-state index contributed by atoms with van der Waals surface area (Å²) in [5.41, 5.74) is 7.39. The maximum absolute atomic E-state index is 3.78. The highest BCUT2D eigenvalue weighted by Crippen LogP contribution is 2.41. The lowest BCUT2D eigenvalue weighted by molar-refractivity contribution is 1.56. The average molecular weight is 417 g/mol. The van der Waals surface area contributed by atoms with Crippen LogP contribution >= 0.6 is 25.2 Å². The molecule has 0 heterocycles. The van der Waals surface area contributed by atoms with Crippen molar-refractivity contribution >= 4 is 30.5 Å². The Morgan fingerprint density at radius 3 is 1.46 bits per heavy atom. The quantitative estimate of drug-likeness (QED) is 0.317. The molecule has 0 nitrogen and oxygen atoms in total. The highest BCUT2D eigenvalue weighted by molar-refractivity contribution is 9.10. The van der Waals surface area contributed by atoms with Gasteiger partial charge in [0.2, 0.25) is 0 Å². The first-order valence-corrected chi connectivity index (χ1v) is 9.91. The topological polar surface area (TPSA) is 0 Å². The number of benzene rings is 4. The van der Waals surface area contributed by atoms with E-state index in [1.165, 1.54) is 38.7 Å². The van der Waals surface area contributed by atoms with Crippen LogP contribution in [0.2, 0.25) is 0 Å². The number of rotatable bonds is 3. The Bertz CT molecular complexity index is 1030. The Labute approximate surface area is 165 Å². The Hall–Kier alpha value is -2.21. The zero-order valence-electron chi connectivity index (χ0n) is 14.2. The Balaban J connectivity index is 2.12. The van der Waals surface area contributed by atoms with Crippen LogP contribution in [-0.2, 0) is 0 Å². The lowest BCUT2D eigenvalue weighted by Gasteiger charge is -2.20. The van der Waals surface area contributed by atoms with Gasteiger partial charge >= 0.3 is 0 Å². The fourth-order valence-electron chi connectivity index (χ4n) is 3.32. The fraction of sp³-hybridized carbons (Fsp3) is 0. The van der Waals surface area contributed by atoms with E-state index in [1.807, 2.05) is 0 Å². The molecule has 0 aromatic heterocycles. The third kappa shape index (κ3) is 3.26.